The van der Waals surface area contributed by atoms with E-state index in [9.17, 15) is 13.2 Å². The third kappa shape index (κ3) is 6.24. The van der Waals surface area contributed by atoms with E-state index in [4.69, 9.17) is 9.47 Å². The van der Waals surface area contributed by atoms with Crippen molar-refractivity contribution in [2.24, 2.45) is 5.92 Å². The van der Waals surface area contributed by atoms with Crippen molar-refractivity contribution in [2.75, 3.05) is 7.11 Å². The molecule has 1 aliphatic rings. The average Bonchev–Trinajstić information content (AvgIpc) is 2.90. The van der Waals surface area contributed by atoms with Crippen molar-refractivity contribution in [3.63, 3.8) is 0 Å². The van der Waals surface area contributed by atoms with Gasteiger partial charge in [-0.3, -0.25) is 0 Å². The first-order valence-corrected chi connectivity index (χ1v) is 13.0. The molecule has 0 radical (unpaired) electrons. The lowest BCUT2D eigenvalue weighted by Crippen LogP contribution is -2.15. The minimum atomic E-state index is -0.914. The Kier molecular flexibility index (Phi) is 8.95. The molecule has 0 atom stereocenters. The topological polar surface area (TPSA) is 18.5 Å². The fourth-order valence-electron chi connectivity index (χ4n) is 5.22. The van der Waals surface area contributed by atoms with Crippen molar-refractivity contribution in [2.45, 2.75) is 70.8 Å². The summed E-state index contributed by atoms with van der Waals surface area (Å²) in [6.07, 6.45) is 9.03. The van der Waals surface area contributed by atoms with Gasteiger partial charge in [-0.25, -0.2) is 8.78 Å². The summed E-state index contributed by atoms with van der Waals surface area (Å²) in [5.74, 6) is -1.21. The third-order valence-corrected chi connectivity index (χ3v) is 7.41. The normalized spacial score (nSPS) is 17.7. The first-order valence-electron chi connectivity index (χ1n) is 13.0. The first-order chi connectivity index (χ1) is 17.5. The van der Waals surface area contributed by atoms with Crippen LogP contribution in [0.15, 0.2) is 54.6 Å². The molecule has 0 aliphatic heterocycles. The molecule has 5 heteroatoms. The number of rotatable bonds is 10. The van der Waals surface area contributed by atoms with Crippen LogP contribution in [-0.2, 0) is 6.61 Å². The molecule has 0 saturated heterocycles. The Morgan fingerprint density at radius 3 is 2.14 bits per heavy atom. The van der Waals surface area contributed by atoms with Gasteiger partial charge in [-0.05, 0) is 78.0 Å². The number of unbranched alkanes of at least 4 members (excludes halogenated alkanes) is 2. The molecule has 3 aromatic carbocycles. The minimum absolute atomic E-state index is 0.0753. The van der Waals surface area contributed by atoms with Crippen LogP contribution in [0.4, 0.5) is 13.2 Å². The van der Waals surface area contributed by atoms with Gasteiger partial charge in [0.15, 0.2) is 23.1 Å². The van der Waals surface area contributed by atoms with Crippen molar-refractivity contribution in [3.8, 4) is 22.6 Å². The summed E-state index contributed by atoms with van der Waals surface area (Å²) in [6, 6.07) is 15.4. The average molecular weight is 497 g/mol. The SMILES string of the molecule is CCCCCC1CCC(c2ccc(OCc3ccc(-c4ccc(OC)c(F)c4)cc3)c(F)c2F)CC1. The maximum absolute atomic E-state index is 15.0. The summed E-state index contributed by atoms with van der Waals surface area (Å²) in [7, 11) is 1.43. The first kappa shape index (κ1) is 26.1. The Balaban J connectivity index is 1.35. The summed E-state index contributed by atoms with van der Waals surface area (Å²) in [4.78, 5) is 0. The zero-order valence-corrected chi connectivity index (χ0v) is 21.2. The van der Waals surface area contributed by atoms with E-state index in [0.29, 0.717) is 5.56 Å². The fraction of sp³-hybridized carbons (Fsp3) is 0.419. The van der Waals surface area contributed by atoms with Crippen LogP contribution in [0, 0.1) is 23.4 Å². The van der Waals surface area contributed by atoms with Gasteiger partial charge in [0.1, 0.15) is 6.61 Å². The third-order valence-electron chi connectivity index (χ3n) is 7.41. The predicted molar refractivity (Wildman–Crippen MR) is 138 cm³/mol. The van der Waals surface area contributed by atoms with Crippen LogP contribution in [0.25, 0.3) is 11.1 Å². The molecule has 2 nitrogen and oxygen atoms in total. The molecule has 36 heavy (non-hydrogen) atoms. The lowest BCUT2D eigenvalue weighted by Gasteiger charge is -2.29. The summed E-state index contributed by atoms with van der Waals surface area (Å²) in [5, 5.41) is 0. The second kappa shape index (κ2) is 12.3. The van der Waals surface area contributed by atoms with Crippen LogP contribution in [0.1, 0.15) is 75.3 Å². The van der Waals surface area contributed by atoms with E-state index < -0.39 is 17.5 Å². The number of halogens is 3. The molecule has 0 amide bonds. The number of benzene rings is 3. The summed E-state index contributed by atoms with van der Waals surface area (Å²) in [6.45, 7) is 2.32. The smallest absolute Gasteiger partial charge is 0.200 e. The molecule has 3 aromatic rings. The zero-order valence-electron chi connectivity index (χ0n) is 21.2. The van der Waals surface area contributed by atoms with Crippen LogP contribution < -0.4 is 9.47 Å². The van der Waals surface area contributed by atoms with Crippen LogP contribution in [0.3, 0.4) is 0 Å². The molecular weight excluding hydrogens is 461 g/mol. The van der Waals surface area contributed by atoms with Gasteiger partial charge >= 0.3 is 0 Å². The van der Waals surface area contributed by atoms with Crippen LogP contribution >= 0.6 is 0 Å². The maximum Gasteiger partial charge on any atom is 0.200 e. The maximum atomic E-state index is 15.0. The lowest BCUT2D eigenvalue weighted by atomic mass is 9.77. The highest BCUT2D eigenvalue weighted by Gasteiger charge is 2.26. The molecule has 1 aliphatic carbocycles. The molecule has 0 aromatic heterocycles. The molecular formula is C31H35F3O2. The Morgan fingerprint density at radius 1 is 0.778 bits per heavy atom. The van der Waals surface area contributed by atoms with Gasteiger partial charge in [0.2, 0.25) is 5.82 Å². The van der Waals surface area contributed by atoms with Crippen LogP contribution in [0.2, 0.25) is 0 Å². The summed E-state index contributed by atoms with van der Waals surface area (Å²) in [5.41, 5.74) is 2.84. The highest BCUT2D eigenvalue weighted by molar-refractivity contribution is 5.64. The van der Waals surface area contributed by atoms with Gasteiger partial charge in [-0.15, -0.1) is 0 Å². The number of ether oxygens (including phenoxy) is 2. The second-order valence-electron chi connectivity index (χ2n) is 9.83. The molecule has 0 N–H and O–H groups in total. The number of hydrogen-bond acceptors (Lipinski definition) is 2. The Labute approximate surface area is 212 Å². The van der Waals surface area contributed by atoms with E-state index in [2.05, 4.69) is 6.92 Å². The van der Waals surface area contributed by atoms with Gasteiger partial charge < -0.3 is 9.47 Å². The Bertz CT molecular complexity index is 1140. The van der Waals surface area contributed by atoms with Crippen molar-refractivity contribution in [1.29, 1.82) is 0 Å². The van der Waals surface area contributed by atoms with E-state index >= 15 is 0 Å². The van der Waals surface area contributed by atoms with E-state index in [1.807, 2.05) is 24.3 Å². The predicted octanol–water partition coefficient (Wildman–Crippen LogP) is 9.21. The van der Waals surface area contributed by atoms with Crippen LogP contribution in [0.5, 0.6) is 11.5 Å². The van der Waals surface area contributed by atoms with Gasteiger partial charge in [-0.2, -0.15) is 4.39 Å². The molecule has 0 spiro atoms. The highest BCUT2D eigenvalue weighted by Crippen LogP contribution is 2.40. The minimum Gasteiger partial charge on any atom is -0.494 e. The highest BCUT2D eigenvalue weighted by atomic mass is 19.2. The van der Waals surface area contributed by atoms with Crippen molar-refractivity contribution >= 4 is 0 Å². The molecule has 1 fully saturated rings. The fourth-order valence-corrected chi connectivity index (χ4v) is 5.22. The molecule has 1 saturated carbocycles. The molecule has 192 valence electrons. The van der Waals surface area contributed by atoms with Gasteiger partial charge in [0, 0.05) is 0 Å². The Hall–Kier alpha value is -2.95. The quantitative estimate of drug-likeness (QED) is 0.261. The van der Waals surface area contributed by atoms with Gasteiger partial charge in [0.25, 0.3) is 0 Å². The number of methoxy groups -OCH3 is 1. The molecule has 0 heterocycles. The summed E-state index contributed by atoms with van der Waals surface area (Å²) < 4.78 is 54.4. The van der Waals surface area contributed by atoms with Gasteiger partial charge in [-0.1, -0.05) is 69.0 Å². The van der Waals surface area contributed by atoms with Crippen LogP contribution in [-0.4, -0.2) is 7.11 Å². The number of hydrogen-bond donors (Lipinski definition) is 0. The summed E-state index contributed by atoms with van der Waals surface area (Å²) >= 11 is 0. The largest absolute Gasteiger partial charge is 0.494 e. The second-order valence-corrected chi connectivity index (χ2v) is 9.83. The Morgan fingerprint density at radius 2 is 1.47 bits per heavy atom. The molecule has 0 unspecified atom stereocenters. The monoisotopic (exact) mass is 496 g/mol. The van der Waals surface area contributed by atoms with Gasteiger partial charge in [0.05, 0.1) is 7.11 Å². The van der Waals surface area contributed by atoms with Crippen molar-refractivity contribution < 1.29 is 22.6 Å². The van der Waals surface area contributed by atoms with Crippen molar-refractivity contribution in [3.05, 3.63) is 83.2 Å². The van der Waals surface area contributed by atoms with Crippen molar-refractivity contribution in [1.82, 2.24) is 0 Å². The molecule has 0 bridgehead atoms. The molecule has 4 rings (SSSR count). The lowest BCUT2D eigenvalue weighted by molar-refractivity contribution is 0.278. The van der Waals surface area contributed by atoms with E-state index in [0.717, 1.165) is 48.3 Å². The standard InChI is InChI=1S/C31H35F3O2/c1-3-4-5-6-21-7-13-24(14-8-21)26-16-18-29(31(34)30(26)33)36-20-22-9-11-23(12-10-22)25-15-17-28(35-2)27(32)19-25/h9-12,15-19,21,24H,3-8,13-14,20H2,1-2H3. The zero-order chi connectivity index (χ0) is 25.5. The van der Waals surface area contributed by atoms with E-state index in [1.165, 1.54) is 38.9 Å². The van der Waals surface area contributed by atoms with E-state index in [1.54, 1.807) is 24.3 Å². The van der Waals surface area contributed by atoms with E-state index in [-0.39, 0.29) is 24.0 Å².